The molecule has 7 heteroatoms. The highest BCUT2D eigenvalue weighted by atomic mass is 32.2. The van der Waals surface area contributed by atoms with Crippen LogP contribution in [-0.4, -0.2) is 25.6 Å². The highest BCUT2D eigenvalue weighted by Crippen LogP contribution is 2.21. The van der Waals surface area contributed by atoms with Crippen molar-refractivity contribution in [3.63, 3.8) is 0 Å². The molecule has 1 aliphatic rings. The maximum Gasteiger partial charge on any atom is 0.261 e. The number of sulfonamides is 1. The van der Waals surface area contributed by atoms with E-state index in [4.69, 9.17) is 5.21 Å². The fourth-order valence-electron chi connectivity index (χ4n) is 3.71. The van der Waals surface area contributed by atoms with Gasteiger partial charge >= 0.3 is 0 Å². The van der Waals surface area contributed by atoms with Gasteiger partial charge in [-0.05, 0) is 58.9 Å². The van der Waals surface area contributed by atoms with Crippen LogP contribution in [-0.2, 0) is 34.1 Å². The Labute approximate surface area is 175 Å². The van der Waals surface area contributed by atoms with Gasteiger partial charge in [-0.25, -0.2) is 13.9 Å². The maximum absolute atomic E-state index is 12.9. The van der Waals surface area contributed by atoms with Crippen LogP contribution in [0.2, 0.25) is 0 Å². The molecule has 1 amide bonds. The molecule has 4 rings (SSSR count). The van der Waals surface area contributed by atoms with Crippen molar-refractivity contribution in [2.45, 2.75) is 30.2 Å². The number of benzene rings is 3. The predicted molar refractivity (Wildman–Crippen MR) is 115 cm³/mol. The monoisotopic (exact) mass is 422 g/mol. The van der Waals surface area contributed by atoms with Gasteiger partial charge in [-0.2, -0.15) is 4.72 Å². The lowest BCUT2D eigenvalue weighted by Gasteiger charge is -2.19. The number of rotatable bonds is 6. The first-order valence-electron chi connectivity index (χ1n) is 9.67. The standard InChI is InChI=1S/C23H22N2O4S/c26-23(24-27)22(14-16-9-10-17-5-1-3-7-19(17)13-16)25-30(28,29)21-12-11-18-6-2-4-8-20(18)15-21/h1-4,6,8-13,15,22,25,27H,5,7,14H2,(H,24,26)/t22-/m1/s1. The normalized spacial score (nSPS) is 14.3. The average Bonchev–Trinajstić information content (AvgIpc) is 2.77. The molecule has 0 bridgehead atoms. The van der Waals surface area contributed by atoms with Crippen molar-refractivity contribution >= 4 is 26.7 Å². The van der Waals surface area contributed by atoms with E-state index < -0.39 is 22.0 Å². The van der Waals surface area contributed by atoms with E-state index in [1.807, 2.05) is 42.5 Å². The lowest BCUT2D eigenvalue weighted by molar-refractivity contribution is -0.130. The fraction of sp³-hybridized carbons (Fsp3) is 0.174. The third-order valence-electron chi connectivity index (χ3n) is 5.31. The van der Waals surface area contributed by atoms with E-state index in [0.717, 1.165) is 34.7 Å². The van der Waals surface area contributed by atoms with Crippen LogP contribution < -0.4 is 10.2 Å². The molecular weight excluding hydrogens is 400 g/mol. The Hall–Kier alpha value is -3.00. The number of hydroxylamine groups is 1. The van der Waals surface area contributed by atoms with E-state index in [1.54, 1.807) is 17.6 Å². The minimum Gasteiger partial charge on any atom is -0.289 e. The largest absolute Gasteiger partial charge is 0.289 e. The molecule has 0 heterocycles. The molecule has 3 aromatic carbocycles. The Morgan fingerprint density at radius 3 is 2.43 bits per heavy atom. The van der Waals surface area contributed by atoms with Crippen molar-refractivity contribution in [3.05, 3.63) is 89.5 Å². The van der Waals surface area contributed by atoms with Gasteiger partial charge in [0.15, 0.2) is 0 Å². The van der Waals surface area contributed by atoms with Crippen LogP contribution in [0.1, 0.15) is 16.7 Å². The van der Waals surface area contributed by atoms with Gasteiger partial charge < -0.3 is 0 Å². The number of hydrogen-bond acceptors (Lipinski definition) is 4. The zero-order chi connectivity index (χ0) is 21.1. The van der Waals surface area contributed by atoms with Crippen molar-refractivity contribution in [1.29, 1.82) is 0 Å². The number of carbonyl (C=O) groups excluding carboxylic acids is 1. The van der Waals surface area contributed by atoms with E-state index in [2.05, 4.69) is 16.9 Å². The number of allylic oxidation sites excluding steroid dienone is 2. The van der Waals surface area contributed by atoms with Crippen molar-refractivity contribution in [2.24, 2.45) is 0 Å². The molecule has 0 radical (unpaired) electrons. The smallest absolute Gasteiger partial charge is 0.261 e. The molecule has 154 valence electrons. The molecule has 0 aliphatic heterocycles. The summed E-state index contributed by atoms with van der Waals surface area (Å²) in [5.41, 5.74) is 4.78. The van der Waals surface area contributed by atoms with Crippen LogP contribution in [0.4, 0.5) is 0 Å². The third kappa shape index (κ3) is 4.28. The topological polar surface area (TPSA) is 95.5 Å². The van der Waals surface area contributed by atoms with Gasteiger partial charge in [-0.1, -0.05) is 60.7 Å². The molecule has 3 N–H and O–H groups in total. The summed E-state index contributed by atoms with van der Waals surface area (Å²) in [6.45, 7) is 0. The highest BCUT2D eigenvalue weighted by Gasteiger charge is 2.26. The quantitative estimate of drug-likeness (QED) is 0.323. The van der Waals surface area contributed by atoms with E-state index in [0.29, 0.717) is 0 Å². The minimum absolute atomic E-state index is 0.0625. The van der Waals surface area contributed by atoms with E-state index in [9.17, 15) is 13.2 Å². The summed E-state index contributed by atoms with van der Waals surface area (Å²) >= 11 is 0. The van der Waals surface area contributed by atoms with Gasteiger partial charge in [0.25, 0.3) is 5.91 Å². The molecular formula is C23H22N2O4S. The Balaban J connectivity index is 1.60. The predicted octanol–water partition coefficient (Wildman–Crippen LogP) is 2.89. The first kappa shape index (κ1) is 20.3. The number of fused-ring (bicyclic) bond motifs is 2. The second-order valence-electron chi connectivity index (χ2n) is 7.35. The molecule has 0 saturated carbocycles. The molecule has 6 nitrogen and oxygen atoms in total. The number of amides is 1. The first-order chi connectivity index (χ1) is 14.5. The van der Waals surface area contributed by atoms with E-state index in [-0.39, 0.29) is 11.3 Å². The van der Waals surface area contributed by atoms with Gasteiger partial charge in [0, 0.05) is 0 Å². The number of carbonyl (C=O) groups is 1. The van der Waals surface area contributed by atoms with Crippen molar-refractivity contribution in [1.82, 2.24) is 10.2 Å². The van der Waals surface area contributed by atoms with Crippen molar-refractivity contribution in [3.8, 4) is 0 Å². The van der Waals surface area contributed by atoms with E-state index >= 15 is 0 Å². The lowest BCUT2D eigenvalue weighted by Crippen LogP contribution is -2.47. The molecule has 3 aromatic rings. The fourth-order valence-corrected chi connectivity index (χ4v) is 4.94. The van der Waals surface area contributed by atoms with Crippen molar-refractivity contribution < 1.29 is 18.4 Å². The van der Waals surface area contributed by atoms with Crippen LogP contribution in [0.25, 0.3) is 10.8 Å². The van der Waals surface area contributed by atoms with Gasteiger partial charge in [-0.15, -0.1) is 0 Å². The van der Waals surface area contributed by atoms with Crippen LogP contribution in [0.5, 0.6) is 0 Å². The second-order valence-corrected chi connectivity index (χ2v) is 9.06. The minimum atomic E-state index is -3.98. The third-order valence-corrected chi connectivity index (χ3v) is 6.78. The molecule has 30 heavy (non-hydrogen) atoms. The molecule has 0 fully saturated rings. The summed E-state index contributed by atoms with van der Waals surface area (Å²) in [6.07, 6.45) is 6.00. The van der Waals surface area contributed by atoms with Crippen molar-refractivity contribution in [2.75, 3.05) is 0 Å². The van der Waals surface area contributed by atoms with E-state index in [1.165, 1.54) is 11.6 Å². The summed E-state index contributed by atoms with van der Waals surface area (Å²) in [6, 6.07) is 17.0. The first-order valence-corrected chi connectivity index (χ1v) is 11.2. The summed E-state index contributed by atoms with van der Waals surface area (Å²) in [5, 5.41) is 10.8. The summed E-state index contributed by atoms with van der Waals surface area (Å²) in [5.74, 6) is -0.808. The average molecular weight is 423 g/mol. The molecule has 0 aromatic heterocycles. The Morgan fingerprint density at radius 1 is 0.933 bits per heavy atom. The summed E-state index contributed by atoms with van der Waals surface area (Å²) in [7, 11) is -3.98. The lowest BCUT2D eigenvalue weighted by atomic mass is 9.93. The molecule has 0 unspecified atom stereocenters. The van der Waals surface area contributed by atoms with Gasteiger partial charge in [-0.3, -0.25) is 10.0 Å². The molecule has 0 spiro atoms. The summed E-state index contributed by atoms with van der Waals surface area (Å²) < 4.78 is 28.3. The Bertz CT molecular complexity index is 1230. The number of hydrogen-bond donors (Lipinski definition) is 3. The van der Waals surface area contributed by atoms with Gasteiger partial charge in [0.1, 0.15) is 6.04 Å². The maximum atomic E-state index is 12.9. The van der Waals surface area contributed by atoms with Gasteiger partial charge in [0.05, 0.1) is 4.90 Å². The second kappa shape index (κ2) is 8.39. The van der Waals surface area contributed by atoms with Crippen LogP contribution >= 0.6 is 0 Å². The molecule has 1 aliphatic carbocycles. The number of nitrogens with one attached hydrogen (secondary N) is 2. The molecule has 1 atom stereocenters. The Kier molecular flexibility index (Phi) is 5.67. The zero-order valence-electron chi connectivity index (χ0n) is 16.2. The van der Waals surface area contributed by atoms with Crippen LogP contribution in [0.15, 0.2) is 77.7 Å². The molecule has 0 saturated heterocycles. The Morgan fingerprint density at radius 2 is 1.67 bits per heavy atom. The SMILES string of the molecule is O=C(NO)[C@@H](Cc1ccc2c(c1)CC=CC2)NS(=O)(=O)c1ccc2ccccc2c1. The van der Waals surface area contributed by atoms with Crippen LogP contribution in [0, 0.1) is 0 Å². The summed E-state index contributed by atoms with van der Waals surface area (Å²) in [4.78, 5) is 12.3. The highest BCUT2D eigenvalue weighted by molar-refractivity contribution is 7.89. The van der Waals surface area contributed by atoms with Crippen LogP contribution in [0.3, 0.4) is 0 Å². The van der Waals surface area contributed by atoms with Gasteiger partial charge in [0.2, 0.25) is 10.0 Å². The zero-order valence-corrected chi connectivity index (χ0v) is 17.0.